The van der Waals surface area contributed by atoms with Crippen LogP contribution >= 0.6 is 0 Å². The lowest BCUT2D eigenvalue weighted by Crippen LogP contribution is -2.52. The highest BCUT2D eigenvalue weighted by Gasteiger charge is 2.33. The molecule has 0 spiro atoms. The average molecular weight is 392 g/mol. The second kappa shape index (κ2) is 7.54. The number of hydrogen-bond acceptors (Lipinski definition) is 4. The summed E-state index contributed by atoms with van der Waals surface area (Å²) < 4.78 is 3.51. The van der Waals surface area contributed by atoms with Gasteiger partial charge >= 0.3 is 0 Å². The molecule has 3 aromatic rings. The van der Waals surface area contributed by atoms with E-state index >= 15 is 0 Å². The van der Waals surface area contributed by atoms with Crippen LogP contribution in [0.5, 0.6) is 0 Å². The minimum atomic E-state index is -0.202. The molecule has 1 aromatic carbocycles. The van der Waals surface area contributed by atoms with Gasteiger partial charge in [-0.05, 0) is 23.8 Å². The predicted octanol–water partition coefficient (Wildman–Crippen LogP) is 1.87. The van der Waals surface area contributed by atoms with Crippen molar-refractivity contribution < 1.29 is 9.59 Å². The Morgan fingerprint density at radius 3 is 2.34 bits per heavy atom. The zero-order valence-electron chi connectivity index (χ0n) is 16.8. The number of benzene rings is 1. The van der Waals surface area contributed by atoms with Crippen molar-refractivity contribution in [2.45, 2.75) is 13.0 Å². The summed E-state index contributed by atoms with van der Waals surface area (Å²) in [4.78, 5) is 28.9. The molecule has 29 heavy (non-hydrogen) atoms. The van der Waals surface area contributed by atoms with Crippen LogP contribution < -0.4 is 0 Å². The highest BCUT2D eigenvalue weighted by atomic mass is 16.2. The van der Waals surface area contributed by atoms with Gasteiger partial charge in [-0.3, -0.25) is 19.0 Å². The van der Waals surface area contributed by atoms with Gasteiger partial charge < -0.3 is 9.80 Å². The fourth-order valence-electron chi connectivity index (χ4n) is 3.87. The quantitative estimate of drug-likeness (QED) is 0.682. The molecule has 1 unspecified atom stereocenters. The maximum absolute atomic E-state index is 13.1. The predicted molar refractivity (Wildman–Crippen MR) is 108 cm³/mol. The zero-order valence-corrected chi connectivity index (χ0v) is 16.8. The molecule has 2 aromatic heterocycles. The Kier molecular flexibility index (Phi) is 4.92. The molecule has 0 aliphatic carbocycles. The molecule has 0 bridgehead atoms. The van der Waals surface area contributed by atoms with Gasteiger partial charge in [-0.1, -0.05) is 12.1 Å². The van der Waals surface area contributed by atoms with Crippen molar-refractivity contribution in [3.05, 3.63) is 60.2 Å². The summed E-state index contributed by atoms with van der Waals surface area (Å²) in [6.07, 6.45) is 5.46. The molecule has 8 heteroatoms. The number of aromatic nitrogens is 4. The van der Waals surface area contributed by atoms with Gasteiger partial charge in [0.2, 0.25) is 5.91 Å². The van der Waals surface area contributed by atoms with Gasteiger partial charge in [0, 0.05) is 64.2 Å². The van der Waals surface area contributed by atoms with Gasteiger partial charge in [0.25, 0.3) is 5.91 Å². The van der Waals surface area contributed by atoms with Crippen molar-refractivity contribution in [3.63, 3.8) is 0 Å². The number of amides is 2. The van der Waals surface area contributed by atoms with Crippen molar-refractivity contribution in [2.24, 2.45) is 14.1 Å². The van der Waals surface area contributed by atoms with Gasteiger partial charge in [-0.2, -0.15) is 10.2 Å². The molecule has 0 saturated carbocycles. The number of carbonyl (C=O) groups excluding carboxylic acids is 2. The Hall–Kier alpha value is -3.42. The lowest BCUT2D eigenvalue weighted by molar-refractivity contribution is -0.133. The van der Waals surface area contributed by atoms with E-state index in [1.807, 2.05) is 60.4 Å². The van der Waals surface area contributed by atoms with Crippen molar-refractivity contribution in [2.75, 3.05) is 19.6 Å². The molecule has 2 amide bonds. The van der Waals surface area contributed by atoms with E-state index in [4.69, 9.17) is 0 Å². The van der Waals surface area contributed by atoms with Crippen LogP contribution in [0, 0.1) is 0 Å². The average Bonchev–Trinajstić information content (AvgIpc) is 3.35. The minimum absolute atomic E-state index is 0.00382. The molecule has 1 aliphatic heterocycles. The van der Waals surface area contributed by atoms with E-state index in [2.05, 4.69) is 10.2 Å². The minimum Gasteiger partial charge on any atom is -0.334 e. The van der Waals surface area contributed by atoms with Gasteiger partial charge in [0.1, 0.15) is 0 Å². The van der Waals surface area contributed by atoms with Crippen molar-refractivity contribution >= 4 is 11.8 Å². The van der Waals surface area contributed by atoms with Crippen molar-refractivity contribution in [1.29, 1.82) is 0 Å². The van der Waals surface area contributed by atoms with Crippen molar-refractivity contribution in [3.8, 4) is 11.1 Å². The smallest absolute Gasteiger partial charge is 0.253 e. The third-order valence-electron chi connectivity index (χ3n) is 5.44. The van der Waals surface area contributed by atoms with Crippen LogP contribution in [0.15, 0.2) is 48.9 Å². The van der Waals surface area contributed by atoms with Gasteiger partial charge in [0.15, 0.2) is 0 Å². The Balaban J connectivity index is 1.54. The van der Waals surface area contributed by atoms with E-state index in [9.17, 15) is 9.59 Å². The fourth-order valence-corrected chi connectivity index (χ4v) is 3.87. The molecular weight excluding hydrogens is 368 g/mol. The zero-order chi connectivity index (χ0) is 20.5. The Labute approximate surface area is 169 Å². The SMILES string of the molecule is CC(=O)N1CCN(C(=O)c2ccc(-c3cnn(C)c3)cc2)CC1c1ccnn1C. The van der Waals surface area contributed by atoms with Crippen LogP contribution in [0.3, 0.4) is 0 Å². The first-order valence-corrected chi connectivity index (χ1v) is 9.57. The fraction of sp³-hybridized carbons (Fsp3) is 0.333. The molecule has 0 radical (unpaired) electrons. The van der Waals surface area contributed by atoms with Crippen molar-refractivity contribution in [1.82, 2.24) is 29.4 Å². The third-order valence-corrected chi connectivity index (χ3v) is 5.44. The number of hydrogen-bond donors (Lipinski definition) is 0. The molecule has 4 rings (SSSR count). The maximum atomic E-state index is 13.1. The van der Waals surface area contributed by atoms with Crippen LogP contribution in [-0.4, -0.2) is 60.8 Å². The van der Waals surface area contributed by atoms with Crippen LogP contribution in [0.2, 0.25) is 0 Å². The number of carbonyl (C=O) groups is 2. The lowest BCUT2D eigenvalue weighted by atomic mass is 10.0. The Bertz CT molecular complexity index is 1040. The Morgan fingerprint density at radius 2 is 1.76 bits per heavy atom. The first-order valence-electron chi connectivity index (χ1n) is 9.57. The standard InChI is InChI=1S/C21H24N6O2/c1-15(28)27-11-10-26(14-20(27)19-8-9-22-25(19)3)21(29)17-6-4-16(5-7-17)18-12-23-24(2)13-18/h4-9,12-13,20H,10-11,14H2,1-3H3. The number of aryl methyl sites for hydroxylation is 2. The first-order chi connectivity index (χ1) is 13.9. The van der Waals surface area contributed by atoms with E-state index in [1.54, 1.807) is 28.7 Å². The lowest BCUT2D eigenvalue weighted by Gasteiger charge is -2.41. The van der Waals surface area contributed by atoms with E-state index in [0.29, 0.717) is 25.2 Å². The third kappa shape index (κ3) is 3.65. The molecule has 1 fully saturated rings. The van der Waals surface area contributed by atoms with Gasteiger partial charge in [-0.25, -0.2) is 0 Å². The molecule has 0 N–H and O–H groups in total. The Morgan fingerprint density at radius 1 is 1.00 bits per heavy atom. The summed E-state index contributed by atoms with van der Waals surface area (Å²) in [5.74, 6) is -0.0257. The van der Waals surface area contributed by atoms with Crippen LogP contribution in [0.25, 0.3) is 11.1 Å². The topological polar surface area (TPSA) is 76.3 Å². The van der Waals surface area contributed by atoms with E-state index in [1.165, 1.54) is 0 Å². The summed E-state index contributed by atoms with van der Waals surface area (Å²) >= 11 is 0. The van der Waals surface area contributed by atoms with Crippen LogP contribution in [0.1, 0.15) is 29.0 Å². The second-order valence-electron chi connectivity index (χ2n) is 7.34. The van der Waals surface area contributed by atoms with E-state index in [-0.39, 0.29) is 17.9 Å². The molecule has 1 atom stereocenters. The molecule has 1 saturated heterocycles. The summed E-state index contributed by atoms with van der Waals surface area (Å²) in [7, 11) is 3.73. The number of piperazine rings is 1. The molecule has 8 nitrogen and oxygen atoms in total. The molecular formula is C21H24N6O2. The summed E-state index contributed by atoms with van der Waals surface area (Å²) in [6.45, 7) is 3.03. The molecule has 3 heterocycles. The summed E-state index contributed by atoms with van der Waals surface area (Å²) in [5, 5.41) is 8.41. The van der Waals surface area contributed by atoms with E-state index < -0.39 is 0 Å². The second-order valence-corrected chi connectivity index (χ2v) is 7.34. The summed E-state index contributed by atoms with van der Waals surface area (Å²) in [5.41, 5.74) is 3.59. The highest BCUT2D eigenvalue weighted by Crippen LogP contribution is 2.26. The van der Waals surface area contributed by atoms with Crippen LogP contribution in [0.4, 0.5) is 0 Å². The number of nitrogens with zero attached hydrogens (tertiary/aromatic N) is 6. The first kappa shape index (κ1) is 18.9. The summed E-state index contributed by atoms with van der Waals surface area (Å²) in [6, 6.07) is 9.27. The monoisotopic (exact) mass is 392 g/mol. The normalized spacial score (nSPS) is 16.9. The number of rotatable bonds is 3. The van der Waals surface area contributed by atoms with Crippen LogP contribution in [-0.2, 0) is 18.9 Å². The largest absolute Gasteiger partial charge is 0.334 e. The molecule has 150 valence electrons. The molecule has 1 aliphatic rings. The highest BCUT2D eigenvalue weighted by molar-refractivity contribution is 5.95. The van der Waals surface area contributed by atoms with Gasteiger partial charge in [-0.15, -0.1) is 0 Å². The van der Waals surface area contributed by atoms with E-state index in [0.717, 1.165) is 16.8 Å². The van der Waals surface area contributed by atoms with Gasteiger partial charge in [0.05, 0.1) is 17.9 Å². The maximum Gasteiger partial charge on any atom is 0.253 e.